The Morgan fingerprint density at radius 2 is 1.88 bits per heavy atom. The van der Waals surface area contributed by atoms with Gasteiger partial charge in [0.1, 0.15) is 0 Å². The molecule has 0 saturated carbocycles. The number of quaternary nitrogens is 1. The number of hydrogen-bond acceptors (Lipinski definition) is 5. The van der Waals surface area contributed by atoms with Crippen molar-refractivity contribution in [2.75, 3.05) is 51.2 Å². The highest BCUT2D eigenvalue weighted by molar-refractivity contribution is 7.80. The average molecular weight is 460 g/mol. The SMILES string of the molecule is CCOC(=O)c1ccc(NC(=S)N2CC[NH+](CCNC3=CC(=O)CC(C)(C)C3)CC2)cc1. The second-order valence-corrected chi connectivity index (χ2v) is 9.68. The third-order valence-corrected chi connectivity index (χ3v) is 6.25. The molecule has 0 spiro atoms. The molecule has 0 amide bonds. The molecule has 7 nitrogen and oxygen atoms in total. The predicted molar refractivity (Wildman–Crippen MR) is 130 cm³/mol. The minimum atomic E-state index is -0.315. The van der Waals surface area contributed by atoms with E-state index in [0.717, 1.165) is 57.1 Å². The molecule has 174 valence electrons. The van der Waals surface area contributed by atoms with Crippen LogP contribution in [0.5, 0.6) is 0 Å². The quantitative estimate of drug-likeness (QED) is 0.423. The molecule has 1 aromatic rings. The predicted octanol–water partition coefficient (Wildman–Crippen LogP) is 1.62. The summed E-state index contributed by atoms with van der Waals surface area (Å²) in [6.07, 6.45) is 3.35. The maximum Gasteiger partial charge on any atom is 0.338 e. The zero-order valence-corrected chi connectivity index (χ0v) is 20.1. The summed E-state index contributed by atoms with van der Waals surface area (Å²) < 4.78 is 5.01. The highest BCUT2D eigenvalue weighted by atomic mass is 32.1. The van der Waals surface area contributed by atoms with Gasteiger partial charge in [-0.05, 0) is 55.2 Å². The number of carbonyl (C=O) groups is 2. The Morgan fingerprint density at radius 3 is 2.50 bits per heavy atom. The number of allylic oxidation sites excluding steroid dienone is 2. The molecule has 1 saturated heterocycles. The van der Waals surface area contributed by atoms with Crippen molar-refractivity contribution < 1.29 is 19.2 Å². The van der Waals surface area contributed by atoms with Gasteiger partial charge in [-0.3, -0.25) is 4.79 Å². The zero-order valence-electron chi connectivity index (χ0n) is 19.3. The Kier molecular flexibility index (Phi) is 8.26. The monoisotopic (exact) mass is 459 g/mol. The summed E-state index contributed by atoms with van der Waals surface area (Å²) in [4.78, 5) is 27.4. The number of nitrogens with zero attached hydrogens (tertiary/aromatic N) is 1. The number of piperazine rings is 1. The Hall–Kier alpha value is -2.45. The largest absolute Gasteiger partial charge is 0.462 e. The van der Waals surface area contributed by atoms with E-state index in [-0.39, 0.29) is 17.2 Å². The second-order valence-electron chi connectivity index (χ2n) is 9.30. The molecular formula is C24H35N4O3S+. The van der Waals surface area contributed by atoms with Gasteiger partial charge in [0.2, 0.25) is 0 Å². The lowest BCUT2D eigenvalue weighted by atomic mass is 9.79. The minimum Gasteiger partial charge on any atom is -0.462 e. The first-order valence-electron chi connectivity index (χ1n) is 11.4. The first kappa shape index (κ1) is 24.2. The van der Waals surface area contributed by atoms with Gasteiger partial charge in [-0.2, -0.15) is 0 Å². The second kappa shape index (κ2) is 10.9. The molecule has 1 aliphatic heterocycles. The van der Waals surface area contributed by atoms with Crippen LogP contribution < -0.4 is 15.5 Å². The Bertz CT molecular complexity index is 859. The normalized spacial score (nSPS) is 18.7. The average Bonchev–Trinajstić information content (AvgIpc) is 2.73. The molecule has 3 N–H and O–H groups in total. The first-order chi connectivity index (χ1) is 15.3. The Morgan fingerprint density at radius 1 is 1.19 bits per heavy atom. The van der Waals surface area contributed by atoms with Crippen molar-refractivity contribution in [3.8, 4) is 0 Å². The molecule has 1 fully saturated rings. The van der Waals surface area contributed by atoms with Crippen LogP contribution in [0.1, 0.15) is 44.0 Å². The Balaban J connectivity index is 1.38. The number of nitrogens with one attached hydrogen (secondary N) is 3. The lowest BCUT2D eigenvalue weighted by molar-refractivity contribution is -0.902. The summed E-state index contributed by atoms with van der Waals surface area (Å²) in [5, 5.41) is 7.45. The number of ether oxygens (including phenoxy) is 1. The molecule has 0 radical (unpaired) electrons. The first-order valence-corrected chi connectivity index (χ1v) is 11.8. The fourth-order valence-electron chi connectivity index (χ4n) is 4.24. The van der Waals surface area contributed by atoms with Crippen LogP contribution in [-0.2, 0) is 9.53 Å². The summed E-state index contributed by atoms with van der Waals surface area (Å²) in [7, 11) is 0. The number of rotatable bonds is 7. The summed E-state index contributed by atoms with van der Waals surface area (Å²) in [5.74, 6) is -0.0912. The van der Waals surface area contributed by atoms with Crippen LogP contribution in [0.25, 0.3) is 0 Å². The minimum absolute atomic E-state index is 0.0501. The summed E-state index contributed by atoms with van der Waals surface area (Å²) >= 11 is 5.59. The molecule has 0 aromatic heterocycles. The number of carbonyl (C=O) groups excluding carboxylic acids is 2. The molecular weight excluding hydrogens is 424 g/mol. The number of thiocarbonyl (C=S) groups is 1. The number of benzene rings is 1. The maximum atomic E-state index is 11.9. The standard InChI is InChI=1S/C24H34N4O3S/c1-4-31-22(30)18-5-7-19(8-6-18)26-23(32)28-13-11-27(12-14-28)10-9-25-20-15-21(29)17-24(2,3)16-20/h5-8,15,25H,4,9-14,16-17H2,1-3H3,(H,26,32)/p+1. The molecule has 0 bridgehead atoms. The summed E-state index contributed by atoms with van der Waals surface area (Å²) in [5.41, 5.74) is 2.52. The van der Waals surface area contributed by atoms with Gasteiger partial charge < -0.3 is 25.2 Å². The topological polar surface area (TPSA) is 75.1 Å². The van der Waals surface area contributed by atoms with Gasteiger partial charge in [0.05, 0.1) is 51.4 Å². The van der Waals surface area contributed by atoms with E-state index in [1.54, 1.807) is 25.1 Å². The number of ketones is 1. The van der Waals surface area contributed by atoms with E-state index in [9.17, 15) is 9.59 Å². The van der Waals surface area contributed by atoms with Gasteiger partial charge in [-0.25, -0.2) is 4.79 Å². The van der Waals surface area contributed by atoms with Crippen molar-refractivity contribution in [1.82, 2.24) is 10.2 Å². The third kappa shape index (κ3) is 7.03. The van der Waals surface area contributed by atoms with Crippen molar-refractivity contribution in [3.63, 3.8) is 0 Å². The highest BCUT2D eigenvalue weighted by Gasteiger charge is 2.27. The molecule has 1 aromatic carbocycles. The highest BCUT2D eigenvalue weighted by Crippen LogP contribution is 2.32. The molecule has 0 unspecified atom stereocenters. The number of anilines is 1. The van der Waals surface area contributed by atoms with Gasteiger partial charge in [-0.15, -0.1) is 0 Å². The van der Waals surface area contributed by atoms with Crippen molar-refractivity contribution >= 4 is 34.8 Å². The van der Waals surface area contributed by atoms with E-state index in [4.69, 9.17) is 17.0 Å². The van der Waals surface area contributed by atoms with Crippen molar-refractivity contribution in [2.24, 2.45) is 5.41 Å². The van der Waals surface area contributed by atoms with Crippen molar-refractivity contribution in [3.05, 3.63) is 41.6 Å². The van der Waals surface area contributed by atoms with Crippen LogP contribution in [0.3, 0.4) is 0 Å². The van der Waals surface area contributed by atoms with Crippen molar-refractivity contribution in [2.45, 2.75) is 33.6 Å². The van der Waals surface area contributed by atoms with Gasteiger partial charge in [0, 0.05) is 23.9 Å². The van der Waals surface area contributed by atoms with E-state index >= 15 is 0 Å². The van der Waals surface area contributed by atoms with E-state index in [2.05, 4.69) is 29.4 Å². The molecule has 1 aliphatic carbocycles. The van der Waals surface area contributed by atoms with Crippen LogP contribution in [-0.4, -0.2) is 67.6 Å². The van der Waals surface area contributed by atoms with E-state index < -0.39 is 0 Å². The van der Waals surface area contributed by atoms with Gasteiger partial charge in [-0.1, -0.05) is 13.8 Å². The lowest BCUT2D eigenvalue weighted by Crippen LogP contribution is -3.15. The maximum absolute atomic E-state index is 11.9. The molecule has 3 rings (SSSR count). The number of hydrogen-bond donors (Lipinski definition) is 3. The fourth-order valence-corrected chi connectivity index (χ4v) is 4.54. The number of esters is 1. The zero-order chi connectivity index (χ0) is 23.1. The van der Waals surface area contributed by atoms with Crippen LogP contribution in [0.2, 0.25) is 0 Å². The van der Waals surface area contributed by atoms with Crippen LogP contribution in [0.4, 0.5) is 5.69 Å². The summed E-state index contributed by atoms with van der Waals surface area (Å²) in [6.45, 7) is 12.2. The van der Waals surface area contributed by atoms with E-state index in [1.807, 2.05) is 12.1 Å². The molecule has 0 atom stereocenters. The molecule has 8 heteroatoms. The van der Waals surface area contributed by atoms with Gasteiger partial charge >= 0.3 is 5.97 Å². The van der Waals surface area contributed by atoms with Crippen molar-refractivity contribution in [1.29, 1.82) is 0 Å². The van der Waals surface area contributed by atoms with Crippen LogP contribution in [0.15, 0.2) is 36.0 Å². The fraction of sp³-hybridized carbons (Fsp3) is 0.542. The Labute approximate surface area is 196 Å². The van der Waals surface area contributed by atoms with Crippen LogP contribution in [0, 0.1) is 5.41 Å². The van der Waals surface area contributed by atoms with Gasteiger partial charge in [0.25, 0.3) is 0 Å². The molecule has 1 heterocycles. The smallest absolute Gasteiger partial charge is 0.338 e. The van der Waals surface area contributed by atoms with E-state index in [0.29, 0.717) is 23.7 Å². The molecule has 2 aliphatic rings. The van der Waals surface area contributed by atoms with Gasteiger partial charge in [0.15, 0.2) is 10.9 Å². The third-order valence-electron chi connectivity index (χ3n) is 5.89. The van der Waals surface area contributed by atoms with E-state index in [1.165, 1.54) is 4.90 Å². The van der Waals surface area contributed by atoms with Crippen LogP contribution >= 0.6 is 12.2 Å². The lowest BCUT2D eigenvalue weighted by Gasteiger charge is -2.34. The summed E-state index contributed by atoms with van der Waals surface area (Å²) in [6, 6.07) is 7.18. The molecule has 32 heavy (non-hydrogen) atoms.